The zero-order valence-electron chi connectivity index (χ0n) is 9.56. The molecule has 0 saturated carbocycles. The molecule has 2 aromatic rings. The SMILES string of the molecule is Nc1ccc(Oc2ccc(F)cc2Cl)c(C(=O)O)c1. The second-order valence-electron chi connectivity index (χ2n) is 3.74. The molecule has 0 aliphatic carbocycles. The first-order chi connectivity index (χ1) is 8.97. The quantitative estimate of drug-likeness (QED) is 0.844. The first-order valence-electron chi connectivity index (χ1n) is 5.23. The maximum Gasteiger partial charge on any atom is 0.339 e. The summed E-state index contributed by atoms with van der Waals surface area (Å²) >= 11 is 5.81. The second-order valence-corrected chi connectivity index (χ2v) is 4.14. The molecule has 2 rings (SSSR count). The number of nitrogen functional groups attached to an aromatic ring is 1. The predicted molar refractivity (Wildman–Crippen MR) is 69.3 cm³/mol. The van der Waals surface area contributed by atoms with Crippen LogP contribution in [0.1, 0.15) is 10.4 Å². The number of ether oxygens (including phenoxy) is 1. The number of hydrogen-bond acceptors (Lipinski definition) is 3. The highest BCUT2D eigenvalue weighted by Crippen LogP contribution is 2.32. The number of halogens is 2. The zero-order chi connectivity index (χ0) is 14.0. The molecule has 2 aromatic carbocycles. The van der Waals surface area contributed by atoms with Crippen molar-refractivity contribution in [3.05, 3.63) is 52.8 Å². The van der Waals surface area contributed by atoms with E-state index in [0.717, 1.165) is 6.07 Å². The van der Waals surface area contributed by atoms with Crippen LogP contribution in [0.25, 0.3) is 0 Å². The number of hydrogen-bond donors (Lipinski definition) is 2. The van der Waals surface area contributed by atoms with Gasteiger partial charge in [0.2, 0.25) is 0 Å². The largest absolute Gasteiger partial charge is 0.478 e. The molecule has 0 amide bonds. The molecule has 6 heteroatoms. The van der Waals surface area contributed by atoms with E-state index < -0.39 is 11.8 Å². The van der Waals surface area contributed by atoms with Gasteiger partial charge in [-0.3, -0.25) is 0 Å². The lowest BCUT2D eigenvalue weighted by atomic mass is 10.2. The Morgan fingerprint density at radius 2 is 1.89 bits per heavy atom. The van der Waals surface area contributed by atoms with Crippen LogP contribution in [-0.2, 0) is 0 Å². The summed E-state index contributed by atoms with van der Waals surface area (Å²) < 4.78 is 18.3. The van der Waals surface area contributed by atoms with Crippen molar-refractivity contribution in [2.75, 3.05) is 5.73 Å². The summed E-state index contributed by atoms with van der Waals surface area (Å²) in [6, 6.07) is 7.75. The molecule has 0 unspecified atom stereocenters. The smallest absolute Gasteiger partial charge is 0.339 e. The van der Waals surface area contributed by atoms with Crippen LogP contribution in [0.2, 0.25) is 5.02 Å². The topological polar surface area (TPSA) is 72.5 Å². The fraction of sp³-hybridized carbons (Fsp3) is 0. The van der Waals surface area contributed by atoms with E-state index in [0.29, 0.717) is 5.69 Å². The lowest BCUT2D eigenvalue weighted by molar-refractivity contribution is 0.0694. The minimum absolute atomic E-state index is 0.0492. The van der Waals surface area contributed by atoms with Crippen molar-refractivity contribution in [3.63, 3.8) is 0 Å². The van der Waals surface area contributed by atoms with Crippen molar-refractivity contribution in [1.82, 2.24) is 0 Å². The first-order valence-corrected chi connectivity index (χ1v) is 5.61. The van der Waals surface area contributed by atoms with Gasteiger partial charge in [-0.1, -0.05) is 11.6 Å². The number of rotatable bonds is 3. The van der Waals surface area contributed by atoms with E-state index >= 15 is 0 Å². The monoisotopic (exact) mass is 281 g/mol. The van der Waals surface area contributed by atoms with Crippen molar-refractivity contribution in [2.24, 2.45) is 0 Å². The molecule has 0 bridgehead atoms. The third-order valence-corrected chi connectivity index (χ3v) is 2.64. The van der Waals surface area contributed by atoms with E-state index in [4.69, 9.17) is 27.2 Å². The van der Waals surface area contributed by atoms with Crippen molar-refractivity contribution >= 4 is 23.3 Å². The molecule has 3 N–H and O–H groups in total. The molecule has 0 aromatic heterocycles. The molecule has 98 valence electrons. The van der Waals surface area contributed by atoms with Crippen LogP contribution in [0.15, 0.2) is 36.4 Å². The molecule has 0 fully saturated rings. The highest BCUT2D eigenvalue weighted by molar-refractivity contribution is 6.32. The Balaban J connectivity index is 2.40. The fourth-order valence-corrected chi connectivity index (χ4v) is 1.69. The van der Waals surface area contributed by atoms with Gasteiger partial charge in [-0.2, -0.15) is 0 Å². The van der Waals surface area contributed by atoms with Crippen LogP contribution in [-0.4, -0.2) is 11.1 Å². The van der Waals surface area contributed by atoms with Gasteiger partial charge in [0.1, 0.15) is 22.9 Å². The van der Waals surface area contributed by atoms with Crippen LogP contribution in [0.4, 0.5) is 10.1 Å². The normalized spacial score (nSPS) is 10.2. The van der Waals surface area contributed by atoms with E-state index in [1.165, 1.54) is 30.3 Å². The van der Waals surface area contributed by atoms with Crippen molar-refractivity contribution in [2.45, 2.75) is 0 Å². The Bertz CT molecular complexity index is 646. The summed E-state index contributed by atoms with van der Waals surface area (Å²) in [6.45, 7) is 0. The summed E-state index contributed by atoms with van der Waals surface area (Å²) in [5.74, 6) is -1.45. The Labute approximate surface area is 113 Å². The molecular formula is C13H9ClFNO3. The van der Waals surface area contributed by atoms with Gasteiger partial charge in [-0.15, -0.1) is 0 Å². The van der Waals surface area contributed by atoms with E-state index in [2.05, 4.69) is 0 Å². The van der Waals surface area contributed by atoms with Gasteiger partial charge in [-0.25, -0.2) is 9.18 Å². The second kappa shape index (κ2) is 5.16. The molecule has 0 saturated heterocycles. The van der Waals surface area contributed by atoms with Crippen LogP contribution in [0.3, 0.4) is 0 Å². The lowest BCUT2D eigenvalue weighted by Crippen LogP contribution is -2.01. The number of benzene rings is 2. The Morgan fingerprint density at radius 3 is 2.53 bits per heavy atom. The lowest BCUT2D eigenvalue weighted by Gasteiger charge is -2.10. The maximum absolute atomic E-state index is 12.9. The average molecular weight is 282 g/mol. The number of carboxylic acid groups (broad SMARTS) is 1. The first kappa shape index (κ1) is 13.2. The summed E-state index contributed by atoms with van der Waals surface area (Å²) in [5, 5.41) is 9.10. The molecule has 0 aliphatic rings. The third kappa shape index (κ3) is 2.95. The molecule has 0 atom stereocenters. The minimum atomic E-state index is -1.18. The highest BCUT2D eigenvalue weighted by atomic mass is 35.5. The Kier molecular flexibility index (Phi) is 3.57. The van der Waals surface area contributed by atoms with Crippen LogP contribution in [0.5, 0.6) is 11.5 Å². The van der Waals surface area contributed by atoms with Gasteiger partial charge in [0.05, 0.1) is 5.02 Å². The van der Waals surface area contributed by atoms with Gasteiger partial charge in [0, 0.05) is 5.69 Å². The number of aromatic carboxylic acids is 1. The van der Waals surface area contributed by atoms with Crippen molar-refractivity contribution < 1.29 is 19.0 Å². The number of nitrogens with two attached hydrogens (primary N) is 1. The Hall–Kier alpha value is -2.27. The predicted octanol–water partition coefficient (Wildman–Crippen LogP) is 3.55. The molecule has 0 spiro atoms. The summed E-state index contributed by atoms with van der Waals surface area (Å²) in [7, 11) is 0. The van der Waals surface area contributed by atoms with E-state index in [1.807, 2.05) is 0 Å². The van der Waals surface area contributed by atoms with Crippen molar-refractivity contribution in [3.8, 4) is 11.5 Å². The highest BCUT2D eigenvalue weighted by Gasteiger charge is 2.14. The standard InChI is InChI=1S/C13H9ClFNO3/c14-10-5-7(15)1-3-12(10)19-11-4-2-8(16)6-9(11)13(17)18/h1-6H,16H2,(H,17,18). The van der Waals surface area contributed by atoms with Crippen molar-refractivity contribution in [1.29, 1.82) is 0 Å². The number of carboxylic acids is 1. The Morgan fingerprint density at radius 1 is 1.21 bits per heavy atom. The maximum atomic E-state index is 12.9. The number of anilines is 1. The van der Waals surface area contributed by atoms with Gasteiger partial charge >= 0.3 is 5.97 Å². The van der Waals surface area contributed by atoms with Gasteiger partial charge in [-0.05, 0) is 36.4 Å². The van der Waals surface area contributed by atoms with Crippen LogP contribution < -0.4 is 10.5 Å². The van der Waals surface area contributed by atoms with E-state index in [-0.39, 0.29) is 22.1 Å². The van der Waals surface area contributed by atoms with Crippen LogP contribution >= 0.6 is 11.6 Å². The fourth-order valence-electron chi connectivity index (χ4n) is 1.48. The molecule has 0 radical (unpaired) electrons. The summed E-state index contributed by atoms with van der Waals surface area (Å²) in [4.78, 5) is 11.1. The van der Waals surface area contributed by atoms with E-state index in [9.17, 15) is 9.18 Å². The summed E-state index contributed by atoms with van der Waals surface area (Å²) in [5.41, 5.74) is 5.72. The summed E-state index contributed by atoms with van der Waals surface area (Å²) in [6.07, 6.45) is 0. The van der Waals surface area contributed by atoms with E-state index in [1.54, 1.807) is 0 Å². The molecular weight excluding hydrogens is 273 g/mol. The average Bonchev–Trinajstić information content (AvgIpc) is 2.34. The zero-order valence-corrected chi connectivity index (χ0v) is 10.3. The minimum Gasteiger partial charge on any atom is -0.478 e. The van der Waals surface area contributed by atoms with Gasteiger partial charge < -0.3 is 15.6 Å². The van der Waals surface area contributed by atoms with Gasteiger partial charge in [0.25, 0.3) is 0 Å². The third-order valence-electron chi connectivity index (χ3n) is 2.35. The van der Waals surface area contributed by atoms with Crippen LogP contribution in [0, 0.1) is 5.82 Å². The van der Waals surface area contributed by atoms with Gasteiger partial charge in [0.15, 0.2) is 0 Å². The molecule has 0 aliphatic heterocycles. The molecule has 0 heterocycles. The number of carbonyl (C=O) groups is 1. The molecule has 4 nitrogen and oxygen atoms in total. The molecule has 19 heavy (non-hydrogen) atoms.